The van der Waals surface area contributed by atoms with Crippen molar-refractivity contribution in [3.8, 4) is 0 Å². The van der Waals surface area contributed by atoms with Crippen LogP contribution in [0.4, 0.5) is 0 Å². The highest BCUT2D eigenvalue weighted by atomic mass is 16.5. The van der Waals surface area contributed by atoms with Gasteiger partial charge in [0.05, 0.1) is 23.3 Å². The number of hydrogen-bond donors (Lipinski definition) is 1. The zero-order valence-electron chi connectivity index (χ0n) is 14.4. The Hall–Kier alpha value is -2.05. The summed E-state index contributed by atoms with van der Waals surface area (Å²) in [7, 11) is 0. The lowest BCUT2D eigenvalue weighted by atomic mass is 9.58. The molecule has 1 amide bonds. The van der Waals surface area contributed by atoms with E-state index >= 15 is 0 Å². The molecule has 1 saturated carbocycles. The van der Waals surface area contributed by atoms with Crippen molar-refractivity contribution in [3.63, 3.8) is 0 Å². The van der Waals surface area contributed by atoms with Crippen LogP contribution in [-0.2, 0) is 4.74 Å². The van der Waals surface area contributed by atoms with E-state index in [2.05, 4.69) is 9.97 Å². The van der Waals surface area contributed by atoms with Crippen LogP contribution in [0.1, 0.15) is 36.5 Å². The first-order chi connectivity index (χ1) is 12.2. The van der Waals surface area contributed by atoms with E-state index in [0.29, 0.717) is 37.2 Å². The van der Waals surface area contributed by atoms with E-state index in [1.165, 1.54) is 0 Å². The minimum Gasteiger partial charge on any atom is -0.392 e. The van der Waals surface area contributed by atoms with Crippen LogP contribution in [0.2, 0.25) is 0 Å². The smallest absolute Gasteiger partial charge is 0.256 e. The number of benzene rings is 1. The zero-order chi connectivity index (χ0) is 17.4. The molecule has 2 atom stereocenters. The van der Waals surface area contributed by atoms with Crippen LogP contribution in [0, 0.1) is 5.41 Å². The van der Waals surface area contributed by atoms with Gasteiger partial charge in [-0.2, -0.15) is 0 Å². The number of aliphatic hydroxyl groups excluding tert-OH is 1. The second kappa shape index (κ2) is 6.35. The maximum atomic E-state index is 13.0. The standard InChI is InChI=1S/C19H23N3O3/c1-2-25-16-12-15(23)19(16)6-10-22(11-7-19)18(24)13-4-3-5-14-17(13)21-9-8-20-14/h3-5,8-9,15-16,23H,2,6-7,10-12H2,1H3/t15-,16+/m0/s1. The molecule has 1 spiro atoms. The number of para-hydroxylation sites is 1. The van der Waals surface area contributed by atoms with Gasteiger partial charge in [-0.15, -0.1) is 0 Å². The van der Waals surface area contributed by atoms with Crippen LogP contribution in [0.3, 0.4) is 0 Å². The minimum atomic E-state index is -0.315. The molecule has 132 valence electrons. The quantitative estimate of drug-likeness (QED) is 0.924. The Bertz CT molecular complexity index is 779. The molecule has 2 aliphatic rings. The highest BCUT2D eigenvalue weighted by Gasteiger charge is 2.56. The summed E-state index contributed by atoms with van der Waals surface area (Å²) in [4.78, 5) is 23.5. The fourth-order valence-electron chi connectivity index (χ4n) is 4.28. The fraction of sp³-hybridized carbons (Fsp3) is 0.526. The fourth-order valence-corrected chi connectivity index (χ4v) is 4.28. The number of ether oxygens (including phenoxy) is 1. The number of carbonyl (C=O) groups is 1. The maximum Gasteiger partial charge on any atom is 0.256 e. The molecule has 2 aromatic rings. The highest BCUT2D eigenvalue weighted by molar-refractivity contribution is 6.04. The van der Waals surface area contributed by atoms with Crippen molar-refractivity contribution in [2.45, 2.75) is 38.4 Å². The summed E-state index contributed by atoms with van der Waals surface area (Å²) >= 11 is 0. The van der Waals surface area contributed by atoms with Crippen molar-refractivity contribution < 1.29 is 14.6 Å². The second-order valence-corrected chi connectivity index (χ2v) is 6.95. The van der Waals surface area contributed by atoms with Gasteiger partial charge in [0.1, 0.15) is 5.52 Å². The Balaban J connectivity index is 1.52. The molecule has 1 N–H and O–H groups in total. The molecule has 25 heavy (non-hydrogen) atoms. The van der Waals surface area contributed by atoms with E-state index in [1.807, 2.05) is 30.0 Å². The molecular weight excluding hydrogens is 318 g/mol. The van der Waals surface area contributed by atoms with Crippen molar-refractivity contribution in [1.29, 1.82) is 0 Å². The average Bonchev–Trinajstić information content (AvgIpc) is 2.67. The predicted octanol–water partition coefficient (Wildman–Crippen LogP) is 2.02. The molecule has 1 aliphatic heterocycles. The van der Waals surface area contributed by atoms with Crippen molar-refractivity contribution in [2.24, 2.45) is 5.41 Å². The Morgan fingerprint density at radius 2 is 2.08 bits per heavy atom. The van der Waals surface area contributed by atoms with E-state index < -0.39 is 0 Å². The summed E-state index contributed by atoms with van der Waals surface area (Å²) in [5, 5.41) is 10.3. The van der Waals surface area contributed by atoms with Gasteiger partial charge in [-0.3, -0.25) is 14.8 Å². The third-order valence-corrected chi connectivity index (χ3v) is 5.82. The first-order valence-corrected chi connectivity index (χ1v) is 8.94. The Morgan fingerprint density at radius 1 is 1.32 bits per heavy atom. The van der Waals surface area contributed by atoms with Crippen LogP contribution < -0.4 is 0 Å². The summed E-state index contributed by atoms with van der Waals surface area (Å²) in [5.41, 5.74) is 1.79. The van der Waals surface area contributed by atoms with Gasteiger partial charge >= 0.3 is 0 Å². The van der Waals surface area contributed by atoms with Gasteiger partial charge in [0, 0.05) is 43.9 Å². The largest absolute Gasteiger partial charge is 0.392 e. The summed E-state index contributed by atoms with van der Waals surface area (Å²) < 4.78 is 5.80. The molecule has 0 radical (unpaired) electrons. The van der Waals surface area contributed by atoms with Crippen LogP contribution in [-0.4, -0.2) is 57.8 Å². The van der Waals surface area contributed by atoms with Crippen LogP contribution >= 0.6 is 0 Å². The second-order valence-electron chi connectivity index (χ2n) is 6.95. The van der Waals surface area contributed by atoms with Gasteiger partial charge in [0.2, 0.25) is 0 Å². The van der Waals surface area contributed by atoms with E-state index in [-0.39, 0.29) is 23.5 Å². The number of nitrogens with zero attached hydrogens (tertiary/aromatic N) is 3. The number of carbonyl (C=O) groups excluding carboxylic acids is 1. The highest BCUT2D eigenvalue weighted by Crippen LogP contribution is 2.51. The molecule has 0 bridgehead atoms. The van der Waals surface area contributed by atoms with E-state index in [9.17, 15) is 9.90 Å². The lowest BCUT2D eigenvalue weighted by Gasteiger charge is -2.56. The van der Waals surface area contributed by atoms with Crippen molar-refractivity contribution in [3.05, 3.63) is 36.2 Å². The molecular formula is C19H23N3O3. The number of fused-ring (bicyclic) bond motifs is 1. The number of aliphatic hydroxyl groups is 1. The molecule has 0 unspecified atom stereocenters. The van der Waals surface area contributed by atoms with Crippen LogP contribution in [0.25, 0.3) is 11.0 Å². The van der Waals surface area contributed by atoms with Crippen molar-refractivity contribution in [1.82, 2.24) is 14.9 Å². The molecule has 1 aliphatic carbocycles. The molecule has 2 heterocycles. The number of piperidine rings is 1. The van der Waals surface area contributed by atoms with Gasteiger partial charge in [-0.05, 0) is 31.9 Å². The Kier molecular flexibility index (Phi) is 4.17. The predicted molar refractivity (Wildman–Crippen MR) is 93.1 cm³/mol. The Morgan fingerprint density at radius 3 is 2.80 bits per heavy atom. The molecule has 6 nitrogen and oxygen atoms in total. The third-order valence-electron chi connectivity index (χ3n) is 5.82. The molecule has 2 fully saturated rings. The van der Waals surface area contributed by atoms with E-state index in [0.717, 1.165) is 18.4 Å². The number of rotatable bonds is 3. The number of amides is 1. The summed E-state index contributed by atoms with van der Waals surface area (Å²) in [6, 6.07) is 5.52. The van der Waals surface area contributed by atoms with Crippen molar-refractivity contribution >= 4 is 16.9 Å². The monoisotopic (exact) mass is 341 g/mol. The SMILES string of the molecule is CCO[C@@H]1C[C@H](O)C12CCN(C(=O)c1cccc3nccnc13)CC2. The first-order valence-electron chi connectivity index (χ1n) is 8.94. The van der Waals surface area contributed by atoms with E-state index in [4.69, 9.17) is 4.74 Å². The Labute approximate surface area is 146 Å². The van der Waals surface area contributed by atoms with Gasteiger partial charge in [-0.25, -0.2) is 0 Å². The normalized spacial score (nSPS) is 25.1. The topological polar surface area (TPSA) is 75.6 Å². The molecule has 1 aromatic carbocycles. The third kappa shape index (κ3) is 2.60. The summed E-state index contributed by atoms with van der Waals surface area (Å²) in [6.45, 7) is 3.92. The summed E-state index contributed by atoms with van der Waals surface area (Å²) in [5.74, 6) is -0.0114. The molecule has 1 aromatic heterocycles. The molecule has 6 heteroatoms. The number of aromatic nitrogens is 2. The van der Waals surface area contributed by atoms with Crippen molar-refractivity contribution in [2.75, 3.05) is 19.7 Å². The number of hydrogen-bond acceptors (Lipinski definition) is 5. The first kappa shape index (κ1) is 16.4. The number of likely N-dealkylation sites (tertiary alicyclic amines) is 1. The minimum absolute atomic E-state index is 0.0114. The van der Waals surface area contributed by atoms with E-state index in [1.54, 1.807) is 12.4 Å². The van der Waals surface area contributed by atoms with Gasteiger partial charge in [-0.1, -0.05) is 6.07 Å². The molecule has 1 saturated heterocycles. The zero-order valence-corrected chi connectivity index (χ0v) is 14.4. The van der Waals surface area contributed by atoms with Gasteiger partial charge in [0.15, 0.2) is 0 Å². The van der Waals surface area contributed by atoms with Crippen LogP contribution in [0.5, 0.6) is 0 Å². The lowest BCUT2D eigenvalue weighted by molar-refractivity contribution is -0.207. The summed E-state index contributed by atoms with van der Waals surface area (Å²) in [6.07, 6.45) is 5.32. The molecule has 4 rings (SSSR count). The van der Waals surface area contributed by atoms with Gasteiger partial charge in [0.25, 0.3) is 5.91 Å². The lowest BCUT2D eigenvalue weighted by Crippen LogP contribution is -2.62. The average molecular weight is 341 g/mol. The maximum absolute atomic E-state index is 13.0. The van der Waals surface area contributed by atoms with Crippen LogP contribution in [0.15, 0.2) is 30.6 Å². The van der Waals surface area contributed by atoms with Gasteiger partial charge < -0.3 is 14.7 Å².